The second-order valence-electron chi connectivity index (χ2n) is 8.29. The summed E-state index contributed by atoms with van der Waals surface area (Å²) in [5.41, 5.74) is 3.09. The van der Waals surface area contributed by atoms with Gasteiger partial charge in [-0.1, -0.05) is 43.5 Å². The normalized spacial score (nSPS) is 17.9. The summed E-state index contributed by atoms with van der Waals surface area (Å²) in [6.07, 6.45) is 5.24. The van der Waals surface area contributed by atoms with Crippen LogP contribution in [0.1, 0.15) is 60.1 Å². The molecule has 1 aliphatic heterocycles. The number of hydrogen-bond donors (Lipinski definition) is 1. The Morgan fingerprint density at radius 3 is 2.74 bits per heavy atom. The number of nitrogens with zero attached hydrogens (tertiary/aromatic N) is 2. The van der Waals surface area contributed by atoms with Crippen molar-refractivity contribution in [1.29, 1.82) is 0 Å². The predicted octanol–water partition coefficient (Wildman–Crippen LogP) is 4.87. The van der Waals surface area contributed by atoms with Gasteiger partial charge in [0.1, 0.15) is 23.0 Å². The van der Waals surface area contributed by atoms with Gasteiger partial charge >= 0.3 is 0 Å². The molecule has 2 heterocycles. The SMILES string of the molecule is COc1cccc(C2Oc3ccccc3-c3nc(C(=O)NC4CCCCC4)c(C)n32)c1. The third-order valence-electron chi connectivity index (χ3n) is 6.29. The van der Waals surface area contributed by atoms with Gasteiger partial charge in [0.2, 0.25) is 6.23 Å². The standard InChI is InChI=1S/C25H27N3O3/c1-16-22(24(29)26-18-10-4-3-5-11-18)27-23-20-13-6-7-14-21(20)31-25(28(16)23)17-9-8-12-19(15-17)30-2/h6-9,12-15,18,25H,3-5,10-11H2,1-2H3,(H,26,29). The van der Waals surface area contributed by atoms with Crippen LogP contribution >= 0.6 is 0 Å². The zero-order valence-electron chi connectivity index (χ0n) is 17.9. The fraction of sp³-hybridized carbons (Fsp3) is 0.360. The van der Waals surface area contributed by atoms with Crippen molar-refractivity contribution >= 4 is 5.91 Å². The maximum absolute atomic E-state index is 13.2. The first-order chi connectivity index (χ1) is 15.2. The van der Waals surface area contributed by atoms with E-state index >= 15 is 0 Å². The van der Waals surface area contributed by atoms with Crippen LogP contribution in [0.25, 0.3) is 11.4 Å². The molecule has 6 nitrogen and oxygen atoms in total. The highest BCUT2D eigenvalue weighted by atomic mass is 16.5. The number of para-hydroxylation sites is 1. The van der Waals surface area contributed by atoms with Crippen LogP contribution in [0.5, 0.6) is 11.5 Å². The Morgan fingerprint density at radius 2 is 1.94 bits per heavy atom. The number of rotatable bonds is 4. The summed E-state index contributed by atoms with van der Waals surface area (Å²) in [5.74, 6) is 2.16. The zero-order chi connectivity index (χ0) is 21.4. The van der Waals surface area contributed by atoms with Gasteiger partial charge in [-0.25, -0.2) is 4.98 Å². The van der Waals surface area contributed by atoms with E-state index in [-0.39, 0.29) is 11.9 Å². The molecule has 0 bridgehead atoms. The Balaban J connectivity index is 1.57. The third kappa shape index (κ3) is 3.56. The van der Waals surface area contributed by atoms with E-state index in [1.54, 1.807) is 7.11 Å². The molecule has 0 radical (unpaired) electrons. The molecule has 0 spiro atoms. The van der Waals surface area contributed by atoms with E-state index in [1.807, 2.05) is 60.0 Å². The molecule has 0 saturated heterocycles. The third-order valence-corrected chi connectivity index (χ3v) is 6.29. The molecule has 1 aromatic heterocycles. The van der Waals surface area contributed by atoms with Gasteiger partial charge in [0.25, 0.3) is 5.91 Å². The number of nitrogens with one attached hydrogen (secondary N) is 1. The summed E-state index contributed by atoms with van der Waals surface area (Å²) >= 11 is 0. The predicted molar refractivity (Wildman–Crippen MR) is 119 cm³/mol. The Bertz CT molecular complexity index is 1110. The second kappa shape index (κ2) is 8.10. The highest BCUT2D eigenvalue weighted by molar-refractivity contribution is 5.94. The van der Waals surface area contributed by atoms with Crippen LogP contribution in [0.3, 0.4) is 0 Å². The summed E-state index contributed by atoms with van der Waals surface area (Å²) in [7, 11) is 1.65. The number of methoxy groups -OCH3 is 1. The topological polar surface area (TPSA) is 65.4 Å². The fourth-order valence-corrected chi connectivity index (χ4v) is 4.65. The highest BCUT2D eigenvalue weighted by Gasteiger charge is 2.33. The number of aromatic nitrogens is 2. The van der Waals surface area contributed by atoms with Crippen molar-refractivity contribution in [3.8, 4) is 22.9 Å². The van der Waals surface area contributed by atoms with E-state index in [9.17, 15) is 4.79 Å². The number of amides is 1. The first-order valence-corrected chi connectivity index (χ1v) is 11.0. The molecule has 1 amide bonds. The number of benzene rings is 2. The minimum absolute atomic E-state index is 0.104. The Hall–Kier alpha value is -3.28. The Morgan fingerprint density at radius 1 is 1.13 bits per heavy atom. The summed E-state index contributed by atoms with van der Waals surface area (Å²) in [6, 6.07) is 15.9. The van der Waals surface area contributed by atoms with Crippen molar-refractivity contribution in [2.45, 2.75) is 51.3 Å². The van der Waals surface area contributed by atoms with Crippen LogP contribution in [-0.4, -0.2) is 28.6 Å². The molecule has 6 heteroatoms. The smallest absolute Gasteiger partial charge is 0.271 e. The van der Waals surface area contributed by atoms with Crippen LogP contribution in [0.4, 0.5) is 0 Å². The van der Waals surface area contributed by atoms with Gasteiger partial charge in [-0.2, -0.15) is 0 Å². The van der Waals surface area contributed by atoms with Crippen LogP contribution in [0.2, 0.25) is 0 Å². The van der Waals surface area contributed by atoms with Crippen molar-refractivity contribution in [3.63, 3.8) is 0 Å². The van der Waals surface area contributed by atoms with Gasteiger partial charge in [0, 0.05) is 11.6 Å². The van der Waals surface area contributed by atoms with E-state index in [0.717, 1.165) is 47.0 Å². The molecule has 3 aromatic rings. The van der Waals surface area contributed by atoms with Gasteiger partial charge in [-0.15, -0.1) is 0 Å². The monoisotopic (exact) mass is 417 g/mol. The van der Waals surface area contributed by atoms with Gasteiger partial charge in [-0.3, -0.25) is 9.36 Å². The van der Waals surface area contributed by atoms with Crippen molar-refractivity contribution in [3.05, 3.63) is 65.5 Å². The van der Waals surface area contributed by atoms with Gasteiger partial charge in [0.15, 0.2) is 0 Å². The molecule has 1 atom stereocenters. The van der Waals surface area contributed by atoms with E-state index in [4.69, 9.17) is 14.5 Å². The zero-order valence-corrected chi connectivity index (χ0v) is 17.9. The van der Waals surface area contributed by atoms with Crippen LogP contribution in [0.15, 0.2) is 48.5 Å². The van der Waals surface area contributed by atoms with E-state index in [0.29, 0.717) is 5.69 Å². The van der Waals surface area contributed by atoms with Crippen LogP contribution < -0.4 is 14.8 Å². The number of hydrogen-bond acceptors (Lipinski definition) is 4. The van der Waals surface area contributed by atoms with Crippen molar-refractivity contribution in [2.24, 2.45) is 0 Å². The van der Waals surface area contributed by atoms with Crippen molar-refractivity contribution < 1.29 is 14.3 Å². The molecule has 1 fully saturated rings. The lowest BCUT2D eigenvalue weighted by Gasteiger charge is -2.29. The lowest BCUT2D eigenvalue weighted by molar-refractivity contribution is 0.0922. The number of ether oxygens (including phenoxy) is 2. The van der Waals surface area contributed by atoms with E-state index in [1.165, 1.54) is 19.3 Å². The molecule has 5 rings (SSSR count). The maximum Gasteiger partial charge on any atom is 0.271 e. The fourth-order valence-electron chi connectivity index (χ4n) is 4.65. The molecule has 31 heavy (non-hydrogen) atoms. The number of fused-ring (bicyclic) bond motifs is 3. The van der Waals surface area contributed by atoms with Gasteiger partial charge in [-0.05, 0) is 44.0 Å². The lowest BCUT2D eigenvalue weighted by atomic mass is 9.95. The molecule has 2 aliphatic rings. The lowest BCUT2D eigenvalue weighted by Crippen LogP contribution is -2.36. The molecule has 2 aromatic carbocycles. The Labute approximate surface area is 182 Å². The quantitative estimate of drug-likeness (QED) is 0.658. The summed E-state index contributed by atoms with van der Waals surface area (Å²) < 4.78 is 13.8. The molecule has 1 unspecified atom stereocenters. The van der Waals surface area contributed by atoms with Crippen molar-refractivity contribution in [2.75, 3.05) is 7.11 Å². The molecule has 1 aliphatic carbocycles. The first-order valence-electron chi connectivity index (χ1n) is 11.0. The highest BCUT2D eigenvalue weighted by Crippen LogP contribution is 2.41. The molecular formula is C25H27N3O3. The molecular weight excluding hydrogens is 390 g/mol. The van der Waals surface area contributed by atoms with E-state index < -0.39 is 6.23 Å². The number of imidazole rings is 1. The minimum atomic E-state index is -0.427. The number of carbonyl (C=O) groups excluding carboxylic acids is 1. The first kappa shape index (κ1) is 19.7. The minimum Gasteiger partial charge on any atom is -0.497 e. The largest absolute Gasteiger partial charge is 0.497 e. The van der Waals surface area contributed by atoms with Gasteiger partial charge in [0.05, 0.1) is 18.4 Å². The summed E-state index contributed by atoms with van der Waals surface area (Å²) in [4.78, 5) is 18.0. The molecule has 1 N–H and O–H groups in total. The Kier molecular flexibility index (Phi) is 5.14. The summed E-state index contributed by atoms with van der Waals surface area (Å²) in [5, 5.41) is 3.21. The van der Waals surface area contributed by atoms with E-state index in [2.05, 4.69) is 5.32 Å². The average Bonchev–Trinajstić information content (AvgIpc) is 3.17. The van der Waals surface area contributed by atoms with Crippen molar-refractivity contribution in [1.82, 2.24) is 14.9 Å². The second-order valence-corrected chi connectivity index (χ2v) is 8.29. The van der Waals surface area contributed by atoms with Gasteiger partial charge < -0.3 is 14.8 Å². The maximum atomic E-state index is 13.2. The molecule has 1 saturated carbocycles. The molecule has 160 valence electrons. The van der Waals surface area contributed by atoms with Crippen LogP contribution in [0, 0.1) is 6.92 Å². The number of carbonyl (C=O) groups is 1. The van der Waals surface area contributed by atoms with Crippen LogP contribution in [-0.2, 0) is 0 Å². The summed E-state index contributed by atoms with van der Waals surface area (Å²) in [6.45, 7) is 1.94. The average molecular weight is 418 g/mol.